The second kappa shape index (κ2) is 9.83. The summed E-state index contributed by atoms with van der Waals surface area (Å²) in [7, 11) is 0. The van der Waals surface area contributed by atoms with Crippen molar-refractivity contribution in [1.82, 2.24) is 15.0 Å². The van der Waals surface area contributed by atoms with Crippen molar-refractivity contribution >= 4 is 21.9 Å². The molecule has 0 aliphatic heterocycles. The fraction of sp³-hybridized carbons (Fsp3) is 0.143. The van der Waals surface area contributed by atoms with Gasteiger partial charge in [0.25, 0.3) is 0 Å². The summed E-state index contributed by atoms with van der Waals surface area (Å²) in [5.41, 5.74) is 17.4. The molecule has 0 radical (unpaired) electrons. The number of benzene rings is 2. The SMILES string of the molecule is NC1=CC=C(C2=CC=C(c3nc(C4=CC5C=CC=CC5=C=C4)nc(-c4ccc5ccccc5c4)n3)CC2)CC1. The van der Waals surface area contributed by atoms with Gasteiger partial charge in [0.15, 0.2) is 17.5 Å². The van der Waals surface area contributed by atoms with Crippen LogP contribution in [0.3, 0.4) is 0 Å². The molecule has 1 unspecified atom stereocenters. The van der Waals surface area contributed by atoms with Crippen LogP contribution in [-0.4, -0.2) is 15.0 Å². The Kier molecular flexibility index (Phi) is 5.88. The highest BCUT2D eigenvalue weighted by molar-refractivity contribution is 5.86. The fourth-order valence-corrected chi connectivity index (χ4v) is 5.51. The highest BCUT2D eigenvalue weighted by atomic mass is 15.0. The summed E-state index contributed by atoms with van der Waals surface area (Å²) in [5, 5.41) is 2.37. The lowest BCUT2D eigenvalue weighted by Gasteiger charge is -2.20. The molecule has 2 N–H and O–H groups in total. The molecule has 4 heteroatoms. The molecule has 3 aromatic rings. The number of nitrogens with zero attached hydrogens (tertiary/aromatic N) is 3. The Hall–Kier alpha value is -4.79. The first-order valence-corrected chi connectivity index (χ1v) is 13.5. The molecular weight excluding hydrogens is 476 g/mol. The third-order valence-corrected chi connectivity index (χ3v) is 7.75. The molecule has 2 aromatic carbocycles. The molecule has 39 heavy (non-hydrogen) atoms. The lowest BCUT2D eigenvalue weighted by molar-refractivity contribution is 0.860. The summed E-state index contributed by atoms with van der Waals surface area (Å²) in [6, 6.07) is 14.8. The van der Waals surface area contributed by atoms with Gasteiger partial charge in [0.05, 0.1) is 0 Å². The lowest BCUT2D eigenvalue weighted by Crippen LogP contribution is -2.09. The Morgan fingerprint density at radius 1 is 0.718 bits per heavy atom. The van der Waals surface area contributed by atoms with E-state index in [0.29, 0.717) is 11.6 Å². The summed E-state index contributed by atoms with van der Waals surface area (Å²) in [5.74, 6) is 2.30. The minimum atomic E-state index is 0.186. The molecule has 4 aliphatic carbocycles. The van der Waals surface area contributed by atoms with E-state index >= 15 is 0 Å². The second-order valence-corrected chi connectivity index (χ2v) is 10.3. The number of aromatic nitrogens is 3. The van der Waals surface area contributed by atoms with Crippen molar-refractivity contribution in [3.8, 4) is 11.4 Å². The molecule has 4 aliphatic rings. The zero-order valence-corrected chi connectivity index (χ0v) is 21.6. The first kappa shape index (κ1) is 23.3. The van der Waals surface area contributed by atoms with Crippen molar-refractivity contribution in [2.75, 3.05) is 0 Å². The van der Waals surface area contributed by atoms with E-state index in [1.54, 1.807) is 0 Å². The number of allylic oxidation sites excluding steroid dienone is 15. The Bertz CT molecular complexity index is 1800. The Morgan fingerprint density at radius 2 is 1.46 bits per heavy atom. The zero-order chi connectivity index (χ0) is 26.2. The maximum absolute atomic E-state index is 5.97. The van der Waals surface area contributed by atoms with E-state index < -0.39 is 0 Å². The molecule has 0 amide bonds. The van der Waals surface area contributed by atoms with Gasteiger partial charge in [0.2, 0.25) is 0 Å². The number of nitrogens with two attached hydrogens (primary N) is 1. The van der Waals surface area contributed by atoms with Gasteiger partial charge in [-0.3, -0.25) is 0 Å². The van der Waals surface area contributed by atoms with Gasteiger partial charge in [0.1, 0.15) is 0 Å². The summed E-state index contributed by atoms with van der Waals surface area (Å²) in [6.45, 7) is 0. The average Bonchev–Trinajstić information content (AvgIpc) is 3.01. The number of hydrogen-bond donors (Lipinski definition) is 1. The van der Waals surface area contributed by atoms with Crippen LogP contribution in [0.1, 0.15) is 37.3 Å². The summed E-state index contributed by atoms with van der Waals surface area (Å²) in [4.78, 5) is 15.0. The molecule has 0 spiro atoms. The first-order valence-electron chi connectivity index (χ1n) is 13.5. The van der Waals surface area contributed by atoms with Crippen LogP contribution in [0.2, 0.25) is 0 Å². The Balaban J connectivity index is 1.32. The molecule has 0 fully saturated rings. The van der Waals surface area contributed by atoms with E-state index in [9.17, 15) is 0 Å². The standard InChI is InChI=1S/C35H28N4/c36-32-19-17-26(18-20-32)25-9-13-27(14-10-25)33-37-34(30-15-11-23-5-1-3-7-28(23)21-30)39-35(38-33)31-16-12-24-6-2-4-8-29(24)22-31/h1-9,11,13,15-17,19,21-22,29H,10,14,18,20,36H2. The molecule has 7 rings (SSSR count). The molecule has 1 heterocycles. The minimum Gasteiger partial charge on any atom is -0.402 e. The average molecular weight is 505 g/mol. The van der Waals surface area contributed by atoms with Gasteiger partial charge in [-0.25, -0.2) is 15.0 Å². The molecule has 4 nitrogen and oxygen atoms in total. The molecule has 1 aromatic heterocycles. The van der Waals surface area contributed by atoms with Crippen molar-refractivity contribution < 1.29 is 0 Å². The maximum Gasteiger partial charge on any atom is 0.164 e. The third kappa shape index (κ3) is 4.67. The van der Waals surface area contributed by atoms with E-state index in [2.05, 4.69) is 96.8 Å². The van der Waals surface area contributed by atoms with Crippen molar-refractivity contribution in [1.29, 1.82) is 0 Å². The van der Waals surface area contributed by atoms with E-state index in [1.165, 1.54) is 21.9 Å². The quantitative estimate of drug-likeness (QED) is 0.372. The van der Waals surface area contributed by atoms with Gasteiger partial charge in [-0.1, -0.05) is 85.0 Å². The van der Waals surface area contributed by atoms with E-state index in [1.807, 2.05) is 12.2 Å². The van der Waals surface area contributed by atoms with Gasteiger partial charge in [-0.15, -0.1) is 5.73 Å². The summed E-state index contributed by atoms with van der Waals surface area (Å²) in [6.07, 6.45) is 25.0. The first-order chi connectivity index (χ1) is 19.2. The van der Waals surface area contributed by atoms with Crippen molar-refractivity contribution in [2.24, 2.45) is 11.7 Å². The smallest absolute Gasteiger partial charge is 0.164 e. The third-order valence-electron chi connectivity index (χ3n) is 7.75. The second-order valence-electron chi connectivity index (χ2n) is 10.3. The van der Waals surface area contributed by atoms with Crippen LogP contribution in [0.5, 0.6) is 0 Å². The normalized spacial score (nSPS) is 19.9. The number of hydrogen-bond acceptors (Lipinski definition) is 4. The topological polar surface area (TPSA) is 64.7 Å². The molecular formula is C35H28N4. The van der Waals surface area contributed by atoms with Gasteiger partial charge in [0, 0.05) is 28.3 Å². The van der Waals surface area contributed by atoms with E-state index in [-0.39, 0.29) is 5.92 Å². The van der Waals surface area contributed by atoms with E-state index in [4.69, 9.17) is 20.7 Å². The highest BCUT2D eigenvalue weighted by Crippen LogP contribution is 2.34. The van der Waals surface area contributed by atoms with E-state index in [0.717, 1.165) is 59.5 Å². The summed E-state index contributed by atoms with van der Waals surface area (Å²) >= 11 is 0. The highest BCUT2D eigenvalue weighted by Gasteiger charge is 2.20. The van der Waals surface area contributed by atoms with Gasteiger partial charge < -0.3 is 5.73 Å². The molecule has 0 saturated carbocycles. The van der Waals surface area contributed by atoms with Crippen LogP contribution in [0.25, 0.3) is 33.3 Å². The molecule has 0 bridgehead atoms. The number of fused-ring (bicyclic) bond motifs is 2. The van der Waals surface area contributed by atoms with Gasteiger partial charge in [-0.05, 0) is 71.4 Å². The van der Waals surface area contributed by atoms with Crippen molar-refractivity contribution in [3.63, 3.8) is 0 Å². The number of rotatable bonds is 4. The maximum atomic E-state index is 5.97. The molecule has 1 atom stereocenters. The predicted octanol–water partition coefficient (Wildman–Crippen LogP) is 7.58. The largest absolute Gasteiger partial charge is 0.402 e. The summed E-state index contributed by atoms with van der Waals surface area (Å²) < 4.78 is 0. The van der Waals surface area contributed by atoms with Gasteiger partial charge in [-0.2, -0.15) is 0 Å². The van der Waals surface area contributed by atoms with Crippen LogP contribution in [0.15, 0.2) is 131 Å². The van der Waals surface area contributed by atoms with Crippen LogP contribution >= 0.6 is 0 Å². The monoisotopic (exact) mass is 504 g/mol. The predicted molar refractivity (Wildman–Crippen MR) is 159 cm³/mol. The zero-order valence-electron chi connectivity index (χ0n) is 21.6. The fourth-order valence-electron chi connectivity index (χ4n) is 5.51. The Morgan fingerprint density at radius 3 is 2.28 bits per heavy atom. The van der Waals surface area contributed by atoms with Crippen LogP contribution in [0, 0.1) is 5.92 Å². The Labute approximate surface area is 228 Å². The van der Waals surface area contributed by atoms with Crippen LogP contribution < -0.4 is 5.73 Å². The molecule has 0 saturated heterocycles. The van der Waals surface area contributed by atoms with Gasteiger partial charge >= 0.3 is 0 Å². The van der Waals surface area contributed by atoms with Crippen LogP contribution in [-0.2, 0) is 0 Å². The minimum absolute atomic E-state index is 0.186. The molecule has 188 valence electrons. The van der Waals surface area contributed by atoms with Crippen molar-refractivity contribution in [2.45, 2.75) is 25.7 Å². The van der Waals surface area contributed by atoms with Crippen molar-refractivity contribution in [3.05, 3.63) is 143 Å². The lowest BCUT2D eigenvalue weighted by atomic mass is 9.88. The van der Waals surface area contributed by atoms with Crippen LogP contribution in [0.4, 0.5) is 0 Å².